The van der Waals surface area contributed by atoms with Gasteiger partial charge in [-0.25, -0.2) is 4.79 Å². The van der Waals surface area contributed by atoms with Gasteiger partial charge in [-0.1, -0.05) is 24.3 Å². The number of carbonyl (C=O) groups excluding carboxylic acids is 1. The van der Waals surface area contributed by atoms with Crippen LogP contribution in [0.5, 0.6) is 0 Å². The predicted molar refractivity (Wildman–Crippen MR) is 60.9 cm³/mol. The molecule has 0 saturated heterocycles. The zero-order chi connectivity index (χ0) is 12.6. The summed E-state index contributed by atoms with van der Waals surface area (Å²) in [7, 11) is 0. The Hall–Kier alpha value is -1.55. The summed E-state index contributed by atoms with van der Waals surface area (Å²) in [4.78, 5) is 21.0. The quantitative estimate of drug-likeness (QED) is 0.658. The first-order valence-corrected chi connectivity index (χ1v) is 5.52. The fraction of sp³-hybridized carbons (Fsp3) is 0.333. The van der Waals surface area contributed by atoms with E-state index >= 15 is 0 Å². The van der Waals surface area contributed by atoms with Crippen LogP contribution in [0.1, 0.15) is 24.5 Å². The number of carboxylic acid groups (broad SMARTS) is 1. The van der Waals surface area contributed by atoms with Crippen LogP contribution in [-0.4, -0.2) is 23.1 Å². The molecular formula is C12H11ClO4. The van der Waals surface area contributed by atoms with Crippen molar-refractivity contribution in [3.63, 3.8) is 0 Å². The molecule has 1 aromatic rings. The molecule has 0 saturated carbocycles. The fourth-order valence-electron chi connectivity index (χ4n) is 1.94. The van der Waals surface area contributed by atoms with E-state index in [1.807, 2.05) is 24.3 Å². The molecule has 17 heavy (non-hydrogen) atoms. The van der Waals surface area contributed by atoms with Gasteiger partial charge in [-0.15, -0.1) is 11.6 Å². The van der Waals surface area contributed by atoms with Gasteiger partial charge in [0.15, 0.2) is 0 Å². The number of fused-ring (bicyclic) bond motifs is 1. The van der Waals surface area contributed by atoms with Gasteiger partial charge < -0.3 is 9.84 Å². The smallest absolute Gasteiger partial charge is 0.345 e. The molecule has 0 heterocycles. The first-order valence-electron chi connectivity index (χ1n) is 5.14. The van der Waals surface area contributed by atoms with Gasteiger partial charge >= 0.3 is 11.9 Å². The summed E-state index contributed by atoms with van der Waals surface area (Å²) < 4.78 is 4.74. The molecule has 0 amide bonds. The Morgan fingerprint density at radius 3 is 2.35 bits per heavy atom. The molecule has 4 nitrogen and oxygen atoms in total. The van der Waals surface area contributed by atoms with E-state index in [-0.39, 0.29) is 6.42 Å². The van der Waals surface area contributed by atoms with Crippen LogP contribution in [0, 0.1) is 0 Å². The van der Waals surface area contributed by atoms with Gasteiger partial charge in [0.1, 0.15) is 0 Å². The summed E-state index contributed by atoms with van der Waals surface area (Å²) in [6.07, 6.45) is -1.15. The van der Waals surface area contributed by atoms with E-state index < -0.39 is 22.9 Å². The Morgan fingerprint density at radius 2 is 1.94 bits per heavy atom. The molecule has 2 rings (SSSR count). The number of ether oxygens (including phenoxy) is 1. The zero-order valence-electron chi connectivity index (χ0n) is 9.14. The van der Waals surface area contributed by atoms with Crippen LogP contribution < -0.4 is 0 Å². The van der Waals surface area contributed by atoms with Crippen molar-refractivity contribution in [3.05, 3.63) is 35.4 Å². The van der Waals surface area contributed by atoms with Crippen LogP contribution in [0.3, 0.4) is 0 Å². The van der Waals surface area contributed by atoms with Crippen molar-refractivity contribution in [1.82, 2.24) is 0 Å². The van der Waals surface area contributed by atoms with Gasteiger partial charge in [-0.05, 0) is 11.1 Å². The Labute approximate surface area is 103 Å². The first kappa shape index (κ1) is 11.9. The molecule has 1 aliphatic carbocycles. The minimum atomic E-state index is -1.21. The normalized spacial score (nSPS) is 16.8. The standard InChI is InChI=1S/C12H11ClO4/c1-7(14)17-10(11(15)16)6-12(13)8-4-2-3-5-9(8)12/h2-5,10H,6H2,1H3,(H,15,16). The van der Waals surface area contributed by atoms with Crippen molar-refractivity contribution in [2.24, 2.45) is 0 Å². The van der Waals surface area contributed by atoms with Crippen molar-refractivity contribution < 1.29 is 19.4 Å². The number of hydrogen-bond donors (Lipinski definition) is 1. The largest absolute Gasteiger partial charge is 0.479 e. The lowest BCUT2D eigenvalue weighted by atomic mass is 10.1. The molecule has 0 aliphatic heterocycles. The number of hydrogen-bond acceptors (Lipinski definition) is 3. The second kappa shape index (κ2) is 4.04. The average molecular weight is 255 g/mol. The second-order valence-electron chi connectivity index (χ2n) is 3.99. The van der Waals surface area contributed by atoms with E-state index in [1.165, 1.54) is 6.92 Å². The molecule has 0 fully saturated rings. The van der Waals surface area contributed by atoms with Crippen LogP contribution in [0.2, 0.25) is 0 Å². The number of carboxylic acids is 1. The molecular weight excluding hydrogens is 244 g/mol. The SMILES string of the molecule is CC(=O)OC(CC1(Cl)c2ccccc21)C(=O)O. The van der Waals surface area contributed by atoms with Gasteiger partial charge in [0.2, 0.25) is 6.10 Å². The topological polar surface area (TPSA) is 63.6 Å². The number of alkyl halides is 1. The highest BCUT2D eigenvalue weighted by molar-refractivity contribution is 6.30. The molecule has 1 aromatic carbocycles. The summed E-state index contributed by atoms with van der Waals surface area (Å²) in [6.45, 7) is 1.18. The van der Waals surface area contributed by atoms with E-state index in [9.17, 15) is 9.59 Å². The third-order valence-corrected chi connectivity index (χ3v) is 3.33. The maximum absolute atomic E-state index is 11.0. The number of esters is 1. The van der Waals surface area contributed by atoms with Crippen molar-refractivity contribution in [3.8, 4) is 0 Å². The molecule has 5 heteroatoms. The summed E-state index contributed by atoms with van der Waals surface area (Å²) in [5.41, 5.74) is 1.81. The number of carbonyl (C=O) groups is 2. The Balaban J connectivity index is 2.11. The van der Waals surface area contributed by atoms with E-state index in [2.05, 4.69) is 0 Å². The highest BCUT2D eigenvalue weighted by Crippen LogP contribution is 2.56. The number of rotatable bonds is 4. The summed E-state index contributed by atoms with van der Waals surface area (Å²) in [5.74, 6) is -1.81. The molecule has 1 unspecified atom stereocenters. The minimum absolute atomic E-state index is 0.0583. The second-order valence-corrected chi connectivity index (χ2v) is 4.63. The molecule has 1 aliphatic rings. The molecule has 0 spiro atoms. The van der Waals surface area contributed by atoms with Gasteiger partial charge in [0, 0.05) is 13.3 Å². The highest BCUT2D eigenvalue weighted by atomic mass is 35.5. The van der Waals surface area contributed by atoms with Crippen LogP contribution >= 0.6 is 11.6 Å². The number of benzene rings is 1. The number of aliphatic carboxylic acids is 1. The summed E-state index contributed by atoms with van der Waals surface area (Å²) in [5, 5.41) is 8.96. The third kappa shape index (κ3) is 2.13. The van der Waals surface area contributed by atoms with Gasteiger partial charge in [-0.3, -0.25) is 4.79 Å². The minimum Gasteiger partial charge on any atom is -0.479 e. The van der Waals surface area contributed by atoms with Gasteiger partial charge in [0.05, 0.1) is 4.87 Å². The molecule has 0 bridgehead atoms. The predicted octanol–water partition coefficient (Wildman–Crippen LogP) is 1.89. The van der Waals surface area contributed by atoms with Crippen molar-refractivity contribution in [2.45, 2.75) is 24.3 Å². The van der Waals surface area contributed by atoms with Crippen molar-refractivity contribution in [1.29, 1.82) is 0 Å². The lowest BCUT2D eigenvalue weighted by Gasteiger charge is -2.15. The molecule has 1 N–H and O–H groups in total. The highest BCUT2D eigenvalue weighted by Gasteiger charge is 2.51. The van der Waals surface area contributed by atoms with Crippen molar-refractivity contribution in [2.75, 3.05) is 0 Å². The average Bonchev–Trinajstić information content (AvgIpc) is 2.84. The molecule has 1 atom stereocenters. The Bertz CT molecular complexity index is 460. The first-order chi connectivity index (χ1) is 7.95. The van der Waals surface area contributed by atoms with Crippen LogP contribution in [-0.2, 0) is 19.2 Å². The van der Waals surface area contributed by atoms with Gasteiger partial charge in [-0.2, -0.15) is 0 Å². The van der Waals surface area contributed by atoms with Crippen LogP contribution in [0.4, 0.5) is 0 Å². The van der Waals surface area contributed by atoms with E-state index in [4.69, 9.17) is 21.4 Å². The monoisotopic (exact) mass is 254 g/mol. The zero-order valence-corrected chi connectivity index (χ0v) is 9.90. The molecule has 0 radical (unpaired) electrons. The van der Waals surface area contributed by atoms with Crippen molar-refractivity contribution >= 4 is 23.5 Å². The Kier molecular flexibility index (Phi) is 2.83. The maximum atomic E-state index is 11.0. The van der Waals surface area contributed by atoms with Crippen LogP contribution in [0.15, 0.2) is 24.3 Å². The van der Waals surface area contributed by atoms with Gasteiger partial charge in [0.25, 0.3) is 0 Å². The summed E-state index contributed by atoms with van der Waals surface area (Å²) in [6, 6.07) is 7.36. The van der Waals surface area contributed by atoms with E-state index in [0.717, 1.165) is 11.1 Å². The number of halogens is 1. The third-order valence-electron chi connectivity index (χ3n) is 2.77. The Morgan fingerprint density at radius 1 is 1.41 bits per heavy atom. The van der Waals surface area contributed by atoms with Crippen LogP contribution in [0.25, 0.3) is 0 Å². The lowest BCUT2D eigenvalue weighted by Crippen LogP contribution is -2.29. The summed E-state index contributed by atoms with van der Waals surface area (Å²) >= 11 is 6.31. The lowest BCUT2D eigenvalue weighted by molar-refractivity contribution is -0.163. The molecule has 0 aromatic heterocycles. The van der Waals surface area contributed by atoms with E-state index in [0.29, 0.717) is 0 Å². The molecule has 90 valence electrons. The van der Waals surface area contributed by atoms with E-state index in [1.54, 1.807) is 0 Å². The fourth-order valence-corrected chi connectivity index (χ4v) is 2.36. The maximum Gasteiger partial charge on any atom is 0.345 e.